The SMILES string of the molecule is C[C@H]1CCCC[C@@H]1NC(=O)COC(=O)c1cccc(C#N)c1. The minimum atomic E-state index is -0.594. The molecule has 5 nitrogen and oxygen atoms in total. The van der Waals surface area contributed by atoms with Crippen LogP contribution in [-0.4, -0.2) is 24.5 Å². The standard InChI is InChI=1S/C17H20N2O3/c1-12-5-2-3-8-15(12)19-16(20)11-22-17(21)14-7-4-6-13(9-14)10-18/h4,6-7,9,12,15H,2-3,5,8,11H2,1H3,(H,19,20)/t12-,15-/m0/s1. The highest BCUT2D eigenvalue weighted by Crippen LogP contribution is 2.23. The fraction of sp³-hybridized carbons (Fsp3) is 0.471. The fourth-order valence-corrected chi connectivity index (χ4v) is 2.71. The number of carbonyl (C=O) groups excluding carboxylic acids is 2. The minimum Gasteiger partial charge on any atom is -0.452 e. The molecule has 2 atom stereocenters. The van der Waals surface area contributed by atoms with Crippen molar-refractivity contribution in [3.8, 4) is 6.07 Å². The highest BCUT2D eigenvalue weighted by Gasteiger charge is 2.23. The molecule has 1 N–H and O–H groups in total. The zero-order valence-electron chi connectivity index (χ0n) is 12.7. The van der Waals surface area contributed by atoms with E-state index in [9.17, 15) is 9.59 Å². The number of carbonyl (C=O) groups is 2. The summed E-state index contributed by atoms with van der Waals surface area (Å²) in [6.07, 6.45) is 4.42. The van der Waals surface area contributed by atoms with E-state index in [1.165, 1.54) is 12.5 Å². The van der Waals surface area contributed by atoms with Gasteiger partial charge in [0.25, 0.3) is 5.91 Å². The van der Waals surface area contributed by atoms with Crippen LogP contribution in [0, 0.1) is 17.2 Å². The summed E-state index contributed by atoms with van der Waals surface area (Å²) < 4.78 is 5.01. The van der Waals surface area contributed by atoms with Gasteiger partial charge in [-0.2, -0.15) is 5.26 Å². The maximum Gasteiger partial charge on any atom is 0.338 e. The van der Waals surface area contributed by atoms with Crippen molar-refractivity contribution in [2.75, 3.05) is 6.61 Å². The molecule has 1 saturated carbocycles. The molecule has 1 amide bonds. The summed E-state index contributed by atoms with van der Waals surface area (Å²) >= 11 is 0. The summed E-state index contributed by atoms with van der Waals surface area (Å²) in [5.74, 6) is -0.409. The van der Waals surface area contributed by atoms with Gasteiger partial charge in [-0.3, -0.25) is 4.79 Å². The number of amides is 1. The van der Waals surface area contributed by atoms with Crippen LogP contribution in [0.15, 0.2) is 24.3 Å². The molecule has 1 aliphatic carbocycles. The average Bonchev–Trinajstić information content (AvgIpc) is 2.55. The van der Waals surface area contributed by atoms with Crippen LogP contribution in [0.4, 0.5) is 0 Å². The number of nitrogens with zero attached hydrogens (tertiary/aromatic N) is 1. The summed E-state index contributed by atoms with van der Waals surface area (Å²) in [5.41, 5.74) is 0.660. The third-order valence-corrected chi connectivity index (χ3v) is 4.02. The van der Waals surface area contributed by atoms with Crippen LogP contribution in [0.2, 0.25) is 0 Å². The van der Waals surface area contributed by atoms with Crippen molar-refractivity contribution >= 4 is 11.9 Å². The van der Waals surface area contributed by atoms with E-state index in [-0.39, 0.29) is 24.1 Å². The van der Waals surface area contributed by atoms with Gasteiger partial charge >= 0.3 is 5.97 Å². The second-order valence-corrected chi connectivity index (χ2v) is 5.70. The van der Waals surface area contributed by atoms with Crippen LogP contribution in [0.1, 0.15) is 48.5 Å². The molecule has 2 rings (SSSR count). The van der Waals surface area contributed by atoms with Crippen molar-refractivity contribution in [2.45, 2.75) is 38.6 Å². The van der Waals surface area contributed by atoms with E-state index in [2.05, 4.69) is 12.2 Å². The normalized spacial score (nSPS) is 20.7. The Hall–Kier alpha value is -2.35. The van der Waals surface area contributed by atoms with Gasteiger partial charge in [0.1, 0.15) is 0 Å². The Morgan fingerprint density at radius 3 is 2.86 bits per heavy atom. The Bertz CT molecular complexity index is 592. The van der Waals surface area contributed by atoms with E-state index < -0.39 is 5.97 Å². The fourth-order valence-electron chi connectivity index (χ4n) is 2.71. The molecule has 0 saturated heterocycles. The first-order chi connectivity index (χ1) is 10.6. The molecule has 0 aliphatic heterocycles. The van der Waals surface area contributed by atoms with Gasteiger partial charge in [-0.1, -0.05) is 25.8 Å². The molecule has 5 heteroatoms. The summed E-state index contributed by atoms with van der Waals surface area (Å²) in [6, 6.07) is 8.35. The first kappa shape index (κ1) is 16.0. The number of rotatable bonds is 4. The first-order valence-electron chi connectivity index (χ1n) is 7.57. The molecule has 0 spiro atoms. The van der Waals surface area contributed by atoms with E-state index in [1.807, 2.05) is 6.07 Å². The predicted octanol–water partition coefficient (Wildman–Crippen LogP) is 2.41. The topological polar surface area (TPSA) is 79.2 Å². The van der Waals surface area contributed by atoms with Gasteiger partial charge in [0.05, 0.1) is 17.2 Å². The lowest BCUT2D eigenvalue weighted by molar-refractivity contribution is -0.125. The number of hydrogen-bond acceptors (Lipinski definition) is 4. The predicted molar refractivity (Wildman–Crippen MR) is 81.0 cm³/mol. The molecule has 116 valence electrons. The van der Waals surface area contributed by atoms with Gasteiger partial charge in [-0.25, -0.2) is 4.79 Å². The molecule has 0 unspecified atom stereocenters. The maximum absolute atomic E-state index is 11.9. The van der Waals surface area contributed by atoms with Crippen molar-refractivity contribution in [1.82, 2.24) is 5.32 Å². The minimum absolute atomic E-state index is 0.168. The third kappa shape index (κ3) is 4.32. The number of nitriles is 1. The number of ether oxygens (including phenoxy) is 1. The summed E-state index contributed by atoms with van der Waals surface area (Å²) in [4.78, 5) is 23.7. The number of nitrogens with one attached hydrogen (secondary N) is 1. The van der Waals surface area contributed by atoms with Crippen molar-refractivity contribution in [3.05, 3.63) is 35.4 Å². The van der Waals surface area contributed by atoms with Crippen molar-refractivity contribution in [2.24, 2.45) is 5.92 Å². The molecule has 0 aromatic heterocycles. The quantitative estimate of drug-likeness (QED) is 0.866. The van der Waals surface area contributed by atoms with Gasteiger partial charge < -0.3 is 10.1 Å². The van der Waals surface area contributed by atoms with E-state index in [4.69, 9.17) is 10.00 Å². The van der Waals surface area contributed by atoms with Gasteiger partial charge in [0.2, 0.25) is 0 Å². The van der Waals surface area contributed by atoms with Crippen molar-refractivity contribution < 1.29 is 14.3 Å². The van der Waals surface area contributed by atoms with E-state index in [0.29, 0.717) is 11.5 Å². The molecule has 22 heavy (non-hydrogen) atoms. The summed E-state index contributed by atoms with van der Waals surface area (Å²) in [5, 5.41) is 11.7. The Balaban J connectivity index is 1.82. The van der Waals surface area contributed by atoms with Crippen molar-refractivity contribution in [3.63, 3.8) is 0 Å². The van der Waals surface area contributed by atoms with Gasteiger partial charge in [-0.05, 0) is 37.0 Å². The van der Waals surface area contributed by atoms with Crippen LogP contribution in [0.5, 0.6) is 0 Å². The summed E-state index contributed by atoms with van der Waals surface area (Å²) in [6.45, 7) is 1.84. The lowest BCUT2D eigenvalue weighted by atomic mass is 9.86. The molecule has 0 radical (unpaired) electrons. The van der Waals surface area contributed by atoms with Gasteiger partial charge in [0, 0.05) is 6.04 Å². The van der Waals surface area contributed by atoms with Crippen LogP contribution in [0.25, 0.3) is 0 Å². The highest BCUT2D eigenvalue weighted by atomic mass is 16.5. The number of esters is 1. The Kier molecular flexibility index (Phi) is 5.54. The molecular formula is C17H20N2O3. The second-order valence-electron chi connectivity index (χ2n) is 5.70. The van der Waals surface area contributed by atoms with Crippen LogP contribution in [-0.2, 0) is 9.53 Å². The van der Waals surface area contributed by atoms with E-state index in [1.54, 1.807) is 18.2 Å². The lowest BCUT2D eigenvalue weighted by Crippen LogP contribution is -2.42. The molecule has 0 heterocycles. The Morgan fingerprint density at radius 1 is 1.36 bits per heavy atom. The molecule has 1 aromatic rings. The van der Waals surface area contributed by atoms with E-state index >= 15 is 0 Å². The van der Waals surface area contributed by atoms with Gasteiger partial charge in [-0.15, -0.1) is 0 Å². The van der Waals surface area contributed by atoms with Crippen LogP contribution in [0.3, 0.4) is 0 Å². The number of hydrogen-bond donors (Lipinski definition) is 1. The highest BCUT2D eigenvalue weighted by molar-refractivity contribution is 5.91. The summed E-state index contributed by atoms with van der Waals surface area (Å²) in [7, 11) is 0. The molecule has 1 fully saturated rings. The Labute approximate surface area is 130 Å². The molecule has 1 aromatic carbocycles. The monoisotopic (exact) mass is 300 g/mol. The molecule has 0 bridgehead atoms. The molecular weight excluding hydrogens is 280 g/mol. The second kappa shape index (κ2) is 7.60. The number of benzene rings is 1. The zero-order valence-corrected chi connectivity index (χ0v) is 12.7. The van der Waals surface area contributed by atoms with Gasteiger partial charge in [0.15, 0.2) is 6.61 Å². The van der Waals surface area contributed by atoms with Crippen molar-refractivity contribution in [1.29, 1.82) is 5.26 Å². The van der Waals surface area contributed by atoms with E-state index in [0.717, 1.165) is 19.3 Å². The first-order valence-corrected chi connectivity index (χ1v) is 7.57. The maximum atomic E-state index is 11.9. The van der Waals surface area contributed by atoms with Crippen LogP contribution < -0.4 is 5.32 Å². The largest absolute Gasteiger partial charge is 0.452 e. The molecule has 1 aliphatic rings. The average molecular weight is 300 g/mol. The zero-order chi connectivity index (χ0) is 15.9. The lowest BCUT2D eigenvalue weighted by Gasteiger charge is -2.29. The van der Waals surface area contributed by atoms with Crippen LogP contribution >= 0.6 is 0 Å². The Morgan fingerprint density at radius 2 is 2.14 bits per heavy atom. The third-order valence-electron chi connectivity index (χ3n) is 4.02. The smallest absolute Gasteiger partial charge is 0.338 e.